The van der Waals surface area contributed by atoms with Gasteiger partial charge in [-0.25, -0.2) is 0 Å². The minimum absolute atomic E-state index is 0.152. The Labute approximate surface area is 108 Å². The smallest absolute Gasteiger partial charge is 0.377 e. The topological polar surface area (TPSA) is 27.7 Å². The third-order valence-corrected chi connectivity index (χ3v) is 5.65. The van der Waals surface area contributed by atoms with Gasteiger partial charge < -0.3 is 13.3 Å². The second-order valence-electron chi connectivity index (χ2n) is 5.51. The lowest BCUT2D eigenvalue weighted by Gasteiger charge is -2.31. The molecule has 17 heavy (non-hydrogen) atoms. The second kappa shape index (κ2) is 8.24. The van der Waals surface area contributed by atoms with Crippen LogP contribution in [0.2, 0.25) is 6.04 Å². The van der Waals surface area contributed by atoms with Crippen LogP contribution in [0, 0.1) is 5.92 Å². The van der Waals surface area contributed by atoms with Crippen molar-refractivity contribution in [3.05, 3.63) is 0 Å². The normalized spacial score (nSPS) is 13.1. The van der Waals surface area contributed by atoms with Gasteiger partial charge in [-0.3, -0.25) is 0 Å². The van der Waals surface area contributed by atoms with Crippen molar-refractivity contribution >= 4 is 8.80 Å². The maximum Gasteiger partial charge on any atom is 0.501 e. The zero-order valence-electron chi connectivity index (χ0n) is 12.6. The molecule has 0 spiro atoms. The number of rotatable bonds is 9. The van der Waals surface area contributed by atoms with Gasteiger partial charge in [-0.05, 0) is 40.0 Å². The summed E-state index contributed by atoms with van der Waals surface area (Å²) in [5, 5.41) is 0. The third-order valence-electron chi connectivity index (χ3n) is 2.41. The molecule has 0 fully saturated rings. The summed E-state index contributed by atoms with van der Waals surface area (Å²) in [7, 11) is -0.748. The van der Waals surface area contributed by atoms with E-state index < -0.39 is 8.80 Å². The molecule has 104 valence electrons. The SMILES string of the molecule is CO[Si](CCCC(C)C)(OC(C)C)OC(C)C. The van der Waals surface area contributed by atoms with Gasteiger partial charge in [-0.1, -0.05) is 20.3 Å². The Morgan fingerprint density at radius 3 is 1.65 bits per heavy atom. The van der Waals surface area contributed by atoms with E-state index in [1.165, 1.54) is 6.42 Å². The molecular weight excluding hydrogens is 232 g/mol. The van der Waals surface area contributed by atoms with Gasteiger partial charge in [0.1, 0.15) is 0 Å². The van der Waals surface area contributed by atoms with Crippen molar-refractivity contribution in [2.24, 2.45) is 5.92 Å². The number of hydrogen-bond donors (Lipinski definition) is 0. The highest BCUT2D eigenvalue weighted by atomic mass is 28.4. The quantitative estimate of drug-likeness (QED) is 0.591. The number of hydrogen-bond acceptors (Lipinski definition) is 3. The largest absolute Gasteiger partial charge is 0.501 e. The van der Waals surface area contributed by atoms with Crippen molar-refractivity contribution in [2.45, 2.75) is 72.6 Å². The van der Waals surface area contributed by atoms with Crippen molar-refractivity contribution < 1.29 is 13.3 Å². The Balaban J connectivity index is 4.44. The standard InChI is InChI=1S/C13H30O3Si/c1-11(2)9-8-10-17(14-7,15-12(3)4)16-13(5)6/h11-13H,8-10H2,1-7H3. The van der Waals surface area contributed by atoms with E-state index in [9.17, 15) is 0 Å². The van der Waals surface area contributed by atoms with E-state index in [0.717, 1.165) is 18.4 Å². The summed E-state index contributed by atoms with van der Waals surface area (Å²) in [6, 6.07) is 0.915. The van der Waals surface area contributed by atoms with E-state index in [4.69, 9.17) is 13.3 Å². The Bertz CT molecular complexity index is 183. The Morgan fingerprint density at radius 1 is 0.882 bits per heavy atom. The van der Waals surface area contributed by atoms with Crippen LogP contribution < -0.4 is 0 Å². The molecular formula is C13H30O3Si. The maximum atomic E-state index is 5.97. The van der Waals surface area contributed by atoms with Gasteiger partial charge in [0, 0.05) is 25.4 Å². The third kappa shape index (κ3) is 7.92. The van der Waals surface area contributed by atoms with Crippen molar-refractivity contribution in [3.63, 3.8) is 0 Å². The fraction of sp³-hybridized carbons (Fsp3) is 1.00. The first-order valence-corrected chi connectivity index (χ1v) is 8.65. The maximum absolute atomic E-state index is 5.97. The molecule has 0 radical (unpaired) electrons. The monoisotopic (exact) mass is 262 g/mol. The van der Waals surface area contributed by atoms with Crippen LogP contribution in [0.15, 0.2) is 0 Å². The van der Waals surface area contributed by atoms with E-state index in [1.54, 1.807) is 7.11 Å². The fourth-order valence-electron chi connectivity index (χ4n) is 1.79. The predicted molar refractivity (Wildman–Crippen MR) is 74.1 cm³/mol. The van der Waals surface area contributed by atoms with E-state index in [2.05, 4.69) is 13.8 Å². The van der Waals surface area contributed by atoms with Crippen molar-refractivity contribution in [3.8, 4) is 0 Å². The van der Waals surface area contributed by atoms with Gasteiger partial charge in [0.05, 0.1) is 0 Å². The van der Waals surface area contributed by atoms with Crippen molar-refractivity contribution in [1.82, 2.24) is 0 Å². The molecule has 0 heterocycles. The van der Waals surface area contributed by atoms with Crippen molar-refractivity contribution in [2.75, 3.05) is 7.11 Å². The first kappa shape index (κ1) is 17.1. The van der Waals surface area contributed by atoms with Crippen LogP contribution in [0.25, 0.3) is 0 Å². The van der Waals surface area contributed by atoms with Gasteiger partial charge in [0.25, 0.3) is 0 Å². The molecule has 0 saturated heterocycles. The average molecular weight is 262 g/mol. The molecule has 3 nitrogen and oxygen atoms in total. The van der Waals surface area contributed by atoms with Crippen LogP contribution in [0.5, 0.6) is 0 Å². The van der Waals surface area contributed by atoms with Crippen LogP contribution >= 0.6 is 0 Å². The minimum atomic E-state index is -2.46. The van der Waals surface area contributed by atoms with Crippen LogP contribution in [0.1, 0.15) is 54.4 Å². The summed E-state index contributed by atoms with van der Waals surface area (Å²) in [5.41, 5.74) is 0. The molecule has 0 aromatic carbocycles. The van der Waals surface area contributed by atoms with E-state index >= 15 is 0 Å². The van der Waals surface area contributed by atoms with Crippen LogP contribution in [0.4, 0.5) is 0 Å². The second-order valence-corrected chi connectivity index (χ2v) is 8.25. The lowest BCUT2D eigenvalue weighted by atomic mass is 10.1. The zero-order valence-corrected chi connectivity index (χ0v) is 13.6. The molecule has 0 saturated carbocycles. The summed E-state index contributed by atoms with van der Waals surface area (Å²) in [6.45, 7) is 12.6. The predicted octanol–water partition coefficient (Wildman–Crippen LogP) is 3.86. The molecule has 0 aliphatic rings. The van der Waals surface area contributed by atoms with E-state index in [1.807, 2.05) is 27.7 Å². The van der Waals surface area contributed by atoms with Crippen molar-refractivity contribution in [1.29, 1.82) is 0 Å². The highest BCUT2D eigenvalue weighted by Crippen LogP contribution is 2.23. The highest BCUT2D eigenvalue weighted by molar-refractivity contribution is 6.60. The molecule has 0 aromatic heterocycles. The average Bonchev–Trinajstić information content (AvgIpc) is 2.14. The van der Waals surface area contributed by atoms with Gasteiger partial charge in [0.15, 0.2) is 0 Å². The summed E-state index contributed by atoms with van der Waals surface area (Å²) in [6.07, 6.45) is 2.61. The lowest BCUT2D eigenvalue weighted by molar-refractivity contribution is 0.0322. The molecule has 0 aliphatic carbocycles. The fourth-order valence-corrected chi connectivity index (χ4v) is 4.55. The summed E-state index contributed by atoms with van der Waals surface area (Å²) in [5.74, 6) is 0.719. The van der Waals surface area contributed by atoms with Gasteiger partial charge in [-0.2, -0.15) is 0 Å². The van der Waals surface area contributed by atoms with E-state index in [0.29, 0.717) is 0 Å². The summed E-state index contributed by atoms with van der Waals surface area (Å²) >= 11 is 0. The summed E-state index contributed by atoms with van der Waals surface area (Å²) in [4.78, 5) is 0. The minimum Gasteiger partial charge on any atom is -0.377 e. The zero-order chi connectivity index (χ0) is 13.5. The van der Waals surface area contributed by atoms with Crippen LogP contribution in [0.3, 0.4) is 0 Å². The molecule has 0 N–H and O–H groups in total. The molecule has 0 unspecified atom stereocenters. The molecule has 0 aliphatic heterocycles. The first-order valence-electron chi connectivity index (χ1n) is 6.72. The van der Waals surface area contributed by atoms with Gasteiger partial charge in [-0.15, -0.1) is 0 Å². The summed E-state index contributed by atoms with van der Waals surface area (Å²) < 4.78 is 17.6. The lowest BCUT2D eigenvalue weighted by Crippen LogP contribution is -2.48. The molecule has 0 amide bonds. The van der Waals surface area contributed by atoms with Crippen LogP contribution in [-0.4, -0.2) is 28.1 Å². The molecule has 0 rings (SSSR count). The molecule has 0 bridgehead atoms. The van der Waals surface area contributed by atoms with E-state index in [-0.39, 0.29) is 12.2 Å². The Kier molecular flexibility index (Phi) is 8.29. The van der Waals surface area contributed by atoms with Gasteiger partial charge >= 0.3 is 8.80 Å². The molecule has 4 heteroatoms. The first-order chi connectivity index (χ1) is 7.81. The highest BCUT2D eigenvalue weighted by Gasteiger charge is 2.41. The Hall–Kier alpha value is 0.0969. The van der Waals surface area contributed by atoms with Crippen LogP contribution in [-0.2, 0) is 13.3 Å². The molecule has 0 atom stereocenters. The van der Waals surface area contributed by atoms with Gasteiger partial charge in [0.2, 0.25) is 0 Å². The molecule has 0 aromatic rings. The Morgan fingerprint density at radius 2 is 1.35 bits per heavy atom.